The van der Waals surface area contributed by atoms with Gasteiger partial charge in [-0.15, -0.1) is 11.3 Å². The van der Waals surface area contributed by atoms with E-state index in [0.717, 1.165) is 5.75 Å². The van der Waals surface area contributed by atoms with Crippen LogP contribution < -0.4 is 4.72 Å². The van der Waals surface area contributed by atoms with E-state index in [9.17, 15) is 8.42 Å². The summed E-state index contributed by atoms with van der Waals surface area (Å²) in [7, 11) is -3.67. The van der Waals surface area contributed by atoms with Gasteiger partial charge in [-0.3, -0.25) is 4.40 Å². The molecule has 0 aliphatic carbocycles. The summed E-state index contributed by atoms with van der Waals surface area (Å²) in [6, 6.07) is 0. The third kappa shape index (κ3) is 3.66. The Bertz CT molecular complexity index is 668. The average Bonchev–Trinajstić information content (AvgIpc) is 2.92. The molecule has 20 heavy (non-hydrogen) atoms. The highest BCUT2D eigenvalue weighted by Gasteiger charge is 2.24. The molecule has 2 heterocycles. The molecule has 0 aliphatic rings. The SMILES string of the molecule is O=S(=O)(NCCSCCCO)c1c(Cl)nc2sccn12. The molecule has 0 bridgehead atoms. The lowest BCUT2D eigenvalue weighted by atomic mass is 10.5. The first-order chi connectivity index (χ1) is 9.56. The Morgan fingerprint density at radius 3 is 3.05 bits per heavy atom. The second-order valence-electron chi connectivity index (χ2n) is 3.85. The van der Waals surface area contributed by atoms with E-state index in [-0.39, 0.29) is 16.8 Å². The van der Waals surface area contributed by atoms with Crippen LogP contribution in [0.25, 0.3) is 4.96 Å². The van der Waals surface area contributed by atoms with Gasteiger partial charge in [0.1, 0.15) is 0 Å². The van der Waals surface area contributed by atoms with Crippen molar-refractivity contribution >= 4 is 49.7 Å². The van der Waals surface area contributed by atoms with Crippen LogP contribution in [0.2, 0.25) is 5.15 Å². The van der Waals surface area contributed by atoms with Gasteiger partial charge in [-0.25, -0.2) is 18.1 Å². The zero-order chi connectivity index (χ0) is 14.6. The molecular weight excluding hydrogens is 342 g/mol. The number of thioether (sulfide) groups is 1. The van der Waals surface area contributed by atoms with Crippen molar-refractivity contribution in [2.45, 2.75) is 11.4 Å². The zero-order valence-electron chi connectivity index (χ0n) is 10.5. The summed E-state index contributed by atoms with van der Waals surface area (Å²) in [5.41, 5.74) is 0. The lowest BCUT2D eigenvalue weighted by Crippen LogP contribution is -2.27. The number of sulfonamides is 1. The molecule has 0 saturated carbocycles. The van der Waals surface area contributed by atoms with Gasteiger partial charge >= 0.3 is 0 Å². The van der Waals surface area contributed by atoms with Crippen molar-refractivity contribution in [3.8, 4) is 0 Å². The molecule has 0 amide bonds. The van der Waals surface area contributed by atoms with Crippen molar-refractivity contribution in [3.63, 3.8) is 0 Å². The topological polar surface area (TPSA) is 83.7 Å². The monoisotopic (exact) mass is 355 g/mol. The molecule has 2 N–H and O–H groups in total. The molecule has 0 aliphatic heterocycles. The highest BCUT2D eigenvalue weighted by atomic mass is 35.5. The standard InChI is InChI=1S/C10H14ClN3O3S3/c11-8-9(14-3-7-19-10(14)13-8)20(16,17)12-2-6-18-5-1-4-15/h3,7,12,15H,1-2,4-6H2. The minimum absolute atomic E-state index is 0.0164. The van der Waals surface area contributed by atoms with Crippen LogP contribution >= 0.6 is 34.7 Å². The smallest absolute Gasteiger partial charge is 0.259 e. The van der Waals surface area contributed by atoms with Gasteiger partial charge in [0.05, 0.1) is 0 Å². The third-order valence-electron chi connectivity index (χ3n) is 2.42. The average molecular weight is 356 g/mol. The van der Waals surface area contributed by atoms with E-state index in [1.165, 1.54) is 15.7 Å². The van der Waals surface area contributed by atoms with Gasteiger partial charge in [-0.2, -0.15) is 11.8 Å². The zero-order valence-corrected chi connectivity index (χ0v) is 13.7. The van der Waals surface area contributed by atoms with E-state index < -0.39 is 10.0 Å². The highest BCUT2D eigenvalue weighted by Crippen LogP contribution is 2.25. The minimum atomic E-state index is -3.67. The Labute approximate surface area is 130 Å². The summed E-state index contributed by atoms with van der Waals surface area (Å²) in [6.45, 7) is 0.465. The number of aromatic nitrogens is 2. The van der Waals surface area contributed by atoms with Crippen molar-refractivity contribution in [2.75, 3.05) is 24.7 Å². The number of hydrogen-bond donors (Lipinski definition) is 2. The number of fused-ring (bicyclic) bond motifs is 1. The Kier molecular flexibility index (Phi) is 5.70. The number of aliphatic hydroxyl groups excluding tert-OH is 1. The van der Waals surface area contributed by atoms with E-state index in [0.29, 0.717) is 23.7 Å². The Morgan fingerprint density at radius 2 is 2.30 bits per heavy atom. The molecule has 0 spiro atoms. The van der Waals surface area contributed by atoms with Crippen LogP contribution in [-0.4, -0.2) is 47.6 Å². The van der Waals surface area contributed by atoms with Crippen molar-refractivity contribution < 1.29 is 13.5 Å². The predicted octanol–water partition coefficient (Wildman–Crippen LogP) is 1.44. The molecule has 0 unspecified atom stereocenters. The second-order valence-corrected chi connectivity index (χ2v) is 7.99. The predicted molar refractivity (Wildman–Crippen MR) is 82.3 cm³/mol. The number of nitrogens with one attached hydrogen (secondary N) is 1. The van der Waals surface area contributed by atoms with E-state index in [4.69, 9.17) is 16.7 Å². The van der Waals surface area contributed by atoms with Crippen LogP contribution in [0.5, 0.6) is 0 Å². The lowest BCUT2D eigenvalue weighted by Gasteiger charge is -2.06. The van der Waals surface area contributed by atoms with Crippen LogP contribution in [-0.2, 0) is 10.0 Å². The van der Waals surface area contributed by atoms with Gasteiger partial charge in [0.15, 0.2) is 15.1 Å². The molecule has 112 valence electrons. The van der Waals surface area contributed by atoms with Crippen molar-refractivity contribution in [3.05, 3.63) is 16.7 Å². The van der Waals surface area contributed by atoms with Gasteiger partial charge < -0.3 is 5.11 Å². The van der Waals surface area contributed by atoms with Gasteiger partial charge in [0.25, 0.3) is 10.0 Å². The summed E-state index contributed by atoms with van der Waals surface area (Å²) >= 11 is 8.81. The third-order valence-corrected chi connectivity index (χ3v) is 6.10. The fourth-order valence-electron chi connectivity index (χ4n) is 1.56. The number of imidazole rings is 1. The molecule has 2 rings (SSSR count). The lowest BCUT2D eigenvalue weighted by molar-refractivity contribution is 0.296. The quantitative estimate of drug-likeness (QED) is 0.700. The molecule has 6 nitrogen and oxygen atoms in total. The number of thiazole rings is 1. The number of aliphatic hydroxyl groups is 1. The molecule has 2 aromatic rings. The maximum Gasteiger partial charge on any atom is 0.259 e. The Balaban J connectivity index is 2.00. The van der Waals surface area contributed by atoms with Crippen LogP contribution in [0.4, 0.5) is 0 Å². The van der Waals surface area contributed by atoms with E-state index in [1.54, 1.807) is 23.3 Å². The molecule has 2 aromatic heterocycles. The van der Waals surface area contributed by atoms with Gasteiger partial charge in [-0.1, -0.05) is 11.6 Å². The first-order valence-corrected chi connectivity index (χ1v) is 9.75. The van der Waals surface area contributed by atoms with Crippen LogP contribution in [0.1, 0.15) is 6.42 Å². The van der Waals surface area contributed by atoms with Crippen molar-refractivity contribution in [1.29, 1.82) is 0 Å². The molecule has 0 aromatic carbocycles. The number of halogens is 1. The molecule has 0 fully saturated rings. The second kappa shape index (κ2) is 7.10. The summed E-state index contributed by atoms with van der Waals surface area (Å²) < 4.78 is 28.4. The first kappa shape index (κ1) is 16.1. The molecule has 10 heteroatoms. The van der Waals surface area contributed by atoms with E-state index >= 15 is 0 Å². The van der Waals surface area contributed by atoms with Crippen molar-refractivity contribution in [2.24, 2.45) is 0 Å². The number of nitrogens with zero attached hydrogens (tertiary/aromatic N) is 2. The molecular formula is C10H14ClN3O3S3. The Morgan fingerprint density at radius 1 is 1.50 bits per heavy atom. The highest BCUT2D eigenvalue weighted by molar-refractivity contribution is 7.99. The normalized spacial score (nSPS) is 12.3. The molecule has 0 atom stereocenters. The van der Waals surface area contributed by atoms with Gasteiger partial charge in [0.2, 0.25) is 0 Å². The van der Waals surface area contributed by atoms with Crippen molar-refractivity contribution in [1.82, 2.24) is 14.1 Å². The van der Waals surface area contributed by atoms with Gasteiger partial charge in [-0.05, 0) is 12.2 Å². The number of hydrogen-bond acceptors (Lipinski definition) is 6. The number of rotatable bonds is 8. The van der Waals surface area contributed by atoms with E-state index in [2.05, 4.69) is 9.71 Å². The largest absolute Gasteiger partial charge is 0.396 e. The summed E-state index contributed by atoms with van der Waals surface area (Å²) in [5.74, 6) is 1.45. The first-order valence-electron chi connectivity index (χ1n) is 5.85. The van der Waals surface area contributed by atoms with Crippen LogP contribution in [0.15, 0.2) is 16.6 Å². The minimum Gasteiger partial charge on any atom is -0.396 e. The maximum atomic E-state index is 12.2. The fourth-order valence-corrected chi connectivity index (χ4v) is 4.96. The Hall–Kier alpha value is -0.320. The molecule has 0 radical (unpaired) electrons. The van der Waals surface area contributed by atoms with Gasteiger partial charge in [0, 0.05) is 30.5 Å². The molecule has 0 saturated heterocycles. The summed E-state index contributed by atoms with van der Waals surface area (Å²) in [4.78, 5) is 4.55. The summed E-state index contributed by atoms with van der Waals surface area (Å²) in [6.07, 6.45) is 2.34. The van der Waals surface area contributed by atoms with Crippen LogP contribution in [0, 0.1) is 0 Å². The van der Waals surface area contributed by atoms with Crippen LogP contribution in [0.3, 0.4) is 0 Å². The fraction of sp³-hybridized carbons (Fsp3) is 0.500. The van der Waals surface area contributed by atoms with E-state index in [1.807, 2.05) is 0 Å². The summed E-state index contributed by atoms with van der Waals surface area (Å²) in [5, 5.41) is 10.4. The maximum absolute atomic E-state index is 12.2.